The molecular weight excluding hydrogens is 1570 g/mol. The molecule has 0 saturated carbocycles. The summed E-state index contributed by atoms with van der Waals surface area (Å²) in [5.41, 5.74) is 49.2. The summed E-state index contributed by atoms with van der Waals surface area (Å²) >= 11 is 0. The summed E-state index contributed by atoms with van der Waals surface area (Å²) in [6.45, 7) is 7.15. The Kier molecular flexibility index (Phi) is 20.2. The van der Waals surface area contributed by atoms with E-state index in [2.05, 4.69) is 524 Å². The van der Waals surface area contributed by atoms with Crippen molar-refractivity contribution >= 4 is 0 Å². The molecule has 0 saturated heterocycles. The van der Waals surface area contributed by atoms with Crippen LogP contribution in [0.1, 0.15) is 52.8 Å². The van der Waals surface area contributed by atoms with Gasteiger partial charge in [0.2, 0.25) is 0 Å². The van der Waals surface area contributed by atoms with Crippen LogP contribution in [-0.4, -0.2) is 0 Å². The Hall–Kier alpha value is -16.4. The molecule has 2 aliphatic rings. The zero-order valence-electron chi connectivity index (χ0n) is 73.4. The Morgan fingerprint density at radius 1 is 0.130 bits per heavy atom. The summed E-state index contributed by atoms with van der Waals surface area (Å²) in [6, 6.07) is 190. The zero-order valence-corrected chi connectivity index (χ0v) is 73.4. The number of hydrogen-bond donors (Lipinski definition) is 0. The predicted molar refractivity (Wildman–Crippen MR) is 553 cm³/mol. The van der Waals surface area contributed by atoms with Crippen LogP contribution >= 0.6 is 0 Å². The molecule has 0 atom stereocenters. The van der Waals surface area contributed by atoms with Crippen LogP contribution in [0.4, 0.5) is 0 Å². The fourth-order valence-electron chi connectivity index (χ4n) is 20.9. The molecule has 0 amide bonds. The van der Waals surface area contributed by atoms with Crippen LogP contribution in [-0.2, 0) is 10.8 Å². The number of benzene rings is 21. The van der Waals surface area contributed by atoms with Crippen LogP contribution in [0, 0.1) is 6.92 Å². The minimum Gasteiger partial charge on any atom is -0.0622 e. The summed E-state index contributed by atoms with van der Waals surface area (Å²) in [5, 5.41) is 0. The van der Waals surface area contributed by atoms with Crippen molar-refractivity contribution in [3.8, 4) is 200 Å². The third-order valence-corrected chi connectivity index (χ3v) is 27.4. The van der Waals surface area contributed by atoms with Gasteiger partial charge in [-0.15, -0.1) is 0 Å². The van der Waals surface area contributed by atoms with Crippen molar-refractivity contribution in [2.45, 2.75) is 31.6 Å². The molecule has 0 fully saturated rings. The predicted octanol–water partition coefficient (Wildman–Crippen LogP) is 35.3. The van der Waals surface area contributed by atoms with Crippen LogP contribution in [0.2, 0.25) is 0 Å². The van der Waals surface area contributed by atoms with Crippen LogP contribution in [0.3, 0.4) is 0 Å². The van der Waals surface area contributed by atoms with Crippen molar-refractivity contribution < 1.29 is 0 Å². The Morgan fingerprint density at radius 2 is 0.321 bits per heavy atom. The van der Waals surface area contributed by atoms with Gasteiger partial charge >= 0.3 is 0 Å². The van der Waals surface area contributed by atoms with Crippen LogP contribution in [0.25, 0.3) is 200 Å². The number of rotatable bonds is 18. The van der Waals surface area contributed by atoms with Crippen molar-refractivity contribution in [3.05, 3.63) is 542 Å². The normalized spacial score (nSPS) is 12.5. The molecule has 0 aliphatic heterocycles. The average molecular weight is 1670 g/mol. The molecule has 0 N–H and O–H groups in total. The van der Waals surface area contributed by atoms with Crippen molar-refractivity contribution in [2.24, 2.45) is 0 Å². The van der Waals surface area contributed by atoms with Crippen LogP contribution in [0.5, 0.6) is 0 Å². The molecule has 0 heteroatoms. The quantitative estimate of drug-likeness (QED) is 0.0803. The van der Waals surface area contributed by atoms with Gasteiger partial charge in [0.05, 0.1) is 5.41 Å². The average Bonchev–Trinajstić information content (AvgIpc) is 1.51. The van der Waals surface area contributed by atoms with E-state index in [9.17, 15) is 0 Å². The topological polar surface area (TPSA) is 0 Å². The molecule has 616 valence electrons. The van der Waals surface area contributed by atoms with Gasteiger partial charge in [-0.05, 0) is 374 Å². The Bertz CT molecular complexity index is 6920. The van der Waals surface area contributed by atoms with Gasteiger partial charge in [-0.25, -0.2) is 0 Å². The molecular formula is C131H92. The van der Waals surface area contributed by atoms with Gasteiger partial charge in [-0.3, -0.25) is 0 Å². The maximum Gasteiger partial charge on any atom is 0.0714 e. The van der Waals surface area contributed by atoms with Crippen molar-refractivity contribution in [1.82, 2.24) is 0 Å². The zero-order chi connectivity index (χ0) is 87.5. The van der Waals surface area contributed by atoms with E-state index in [0.717, 1.165) is 100 Å². The Balaban J connectivity index is 0.812. The molecule has 23 rings (SSSR count). The fourth-order valence-corrected chi connectivity index (χ4v) is 20.9. The first kappa shape index (κ1) is 79.3. The molecule has 0 unspecified atom stereocenters. The standard InChI is InChI=1S/C131H92/c1-87-60-61-125-123(64-87)129-127(63-62-126-128(129)122-58-28-29-59-124(122)130(126,2)3)131(125,120-83-116(100-54-30-50-96(65-100)112-73-104(88-34-12-4-13-35-88)69-105(74-112)89-36-14-5-15-37-89)81-117(84-120)101-55-31-51-97(66-101)113-75-106(90-38-16-6-17-39-90)70-107(76-113)91-40-18-7-19-41-91)121-85-118(102-56-32-52-98(67-102)114-77-108(92-42-20-8-21-43-92)71-109(78-114)93-44-22-9-23-45-93)82-119(86-121)103-57-33-53-99(68-103)115-79-110(94-46-24-10-25-47-94)72-111(80-115)95-48-26-11-27-49-95/h4-86H,1-3H3. The molecule has 0 aromatic heterocycles. The van der Waals surface area contributed by atoms with Crippen molar-refractivity contribution in [1.29, 1.82) is 0 Å². The highest BCUT2D eigenvalue weighted by molar-refractivity contribution is 6.02. The second-order valence-electron chi connectivity index (χ2n) is 35.9. The fraction of sp³-hybridized carbons (Fsp3) is 0.0382. The number of hydrogen-bond acceptors (Lipinski definition) is 0. The Morgan fingerprint density at radius 3 is 0.580 bits per heavy atom. The smallest absolute Gasteiger partial charge is 0.0622 e. The van der Waals surface area contributed by atoms with Gasteiger partial charge in [0.25, 0.3) is 0 Å². The summed E-state index contributed by atoms with van der Waals surface area (Å²) in [6.07, 6.45) is 0. The van der Waals surface area contributed by atoms with Crippen LogP contribution < -0.4 is 0 Å². The van der Waals surface area contributed by atoms with E-state index in [-0.39, 0.29) is 5.41 Å². The lowest BCUT2D eigenvalue weighted by Crippen LogP contribution is -2.29. The second-order valence-corrected chi connectivity index (χ2v) is 35.9. The molecule has 0 radical (unpaired) electrons. The Labute approximate surface area is 768 Å². The first-order valence-electron chi connectivity index (χ1n) is 45.7. The molecule has 0 spiro atoms. The molecule has 0 heterocycles. The van der Waals surface area contributed by atoms with E-state index in [4.69, 9.17) is 0 Å². The third-order valence-electron chi connectivity index (χ3n) is 27.4. The maximum atomic E-state index is 2.59. The SMILES string of the molecule is Cc1ccc2c(c1)-c1c(ccc3c1-c1ccccc1C3(C)C)C2(c1cc(-c2cccc(-c3cc(-c4ccccc4)cc(-c4ccccc4)c3)c2)cc(-c2cccc(-c3cc(-c4ccccc4)cc(-c4ccccc4)c3)c2)c1)c1cc(-c2cccc(-c3cc(-c4ccccc4)cc(-c4ccccc4)c3)c2)cc(-c2cccc(-c3cc(-c4ccccc4)cc(-c4ccccc4)c3)c2)c1. The molecule has 131 heavy (non-hydrogen) atoms. The van der Waals surface area contributed by atoms with E-state index in [1.54, 1.807) is 0 Å². The lowest BCUT2D eigenvalue weighted by molar-refractivity contribution is 0.659. The lowest BCUT2D eigenvalue weighted by Gasteiger charge is -2.36. The molecule has 21 aromatic rings. The van der Waals surface area contributed by atoms with E-state index in [1.807, 2.05) is 0 Å². The largest absolute Gasteiger partial charge is 0.0714 e. The second kappa shape index (κ2) is 33.4. The van der Waals surface area contributed by atoms with Gasteiger partial charge in [0.1, 0.15) is 0 Å². The van der Waals surface area contributed by atoms with Gasteiger partial charge in [0, 0.05) is 5.41 Å². The summed E-state index contributed by atoms with van der Waals surface area (Å²) in [7, 11) is 0. The van der Waals surface area contributed by atoms with Crippen molar-refractivity contribution in [3.63, 3.8) is 0 Å². The highest BCUT2D eigenvalue weighted by Crippen LogP contribution is 2.64. The van der Waals surface area contributed by atoms with Gasteiger partial charge in [0.15, 0.2) is 0 Å². The van der Waals surface area contributed by atoms with Crippen LogP contribution in [0.15, 0.2) is 504 Å². The maximum absolute atomic E-state index is 2.59. The molecule has 2 aliphatic carbocycles. The van der Waals surface area contributed by atoms with E-state index in [1.165, 1.54) is 139 Å². The van der Waals surface area contributed by atoms with Gasteiger partial charge < -0.3 is 0 Å². The van der Waals surface area contributed by atoms with Gasteiger partial charge in [-0.1, -0.05) is 389 Å². The molecule has 21 aromatic carbocycles. The monoisotopic (exact) mass is 1660 g/mol. The third kappa shape index (κ3) is 14.9. The summed E-state index contributed by atoms with van der Waals surface area (Å²) in [5.74, 6) is 0. The summed E-state index contributed by atoms with van der Waals surface area (Å²) in [4.78, 5) is 0. The van der Waals surface area contributed by atoms with E-state index in [0.29, 0.717) is 0 Å². The summed E-state index contributed by atoms with van der Waals surface area (Å²) < 4.78 is 0. The highest BCUT2D eigenvalue weighted by Gasteiger charge is 2.50. The number of aryl methyl sites for hydroxylation is 1. The first-order chi connectivity index (χ1) is 64.5. The molecule has 0 bridgehead atoms. The van der Waals surface area contributed by atoms with E-state index >= 15 is 0 Å². The van der Waals surface area contributed by atoms with Gasteiger partial charge in [-0.2, -0.15) is 0 Å². The lowest BCUT2D eigenvalue weighted by atomic mass is 9.65. The highest BCUT2D eigenvalue weighted by atomic mass is 14.5. The minimum absolute atomic E-state index is 0.293. The first-order valence-corrected chi connectivity index (χ1v) is 45.7. The van der Waals surface area contributed by atoms with Crippen molar-refractivity contribution in [2.75, 3.05) is 0 Å². The minimum atomic E-state index is -1.01. The number of fused-ring (bicyclic) bond motifs is 7. The molecule has 0 nitrogen and oxygen atoms in total. The van der Waals surface area contributed by atoms with E-state index < -0.39 is 5.41 Å².